The van der Waals surface area contributed by atoms with Gasteiger partial charge in [-0.05, 0) is 57.5 Å². The molecule has 0 aromatic rings. The number of likely N-dealkylation sites (tertiary alicyclic amines) is 1. The highest BCUT2D eigenvalue weighted by molar-refractivity contribution is 5.76. The lowest BCUT2D eigenvalue weighted by molar-refractivity contribution is -0.663. The molecule has 1 amide bonds. The quantitative estimate of drug-likeness (QED) is 0.737. The van der Waals surface area contributed by atoms with Crippen LogP contribution < -0.4 is 5.32 Å². The maximum absolute atomic E-state index is 12.2. The van der Waals surface area contributed by atoms with Gasteiger partial charge in [-0.25, -0.2) is 0 Å². The highest BCUT2D eigenvalue weighted by atomic mass is 17.4. The predicted molar refractivity (Wildman–Crippen MR) is 98.1 cm³/mol. The first-order valence-corrected chi connectivity index (χ1v) is 10.9. The Labute approximate surface area is 161 Å². The molecular formula is C20H34N2O5. The van der Waals surface area contributed by atoms with Crippen molar-refractivity contribution in [2.75, 3.05) is 26.2 Å². The summed E-state index contributed by atoms with van der Waals surface area (Å²) in [5.74, 6) is -0.949. The molecule has 0 aromatic carbocycles. The number of nitrogens with one attached hydrogen (secondary N) is 1. The summed E-state index contributed by atoms with van der Waals surface area (Å²) < 4.78 is 0. The van der Waals surface area contributed by atoms with Crippen LogP contribution in [0.2, 0.25) is 0 Å². The SMILES string of the molecule is O=C(CC1CCC2(CC1)OOC1(CCCCC1)OO2)NCCN1CCCC1. The molecule has 2 saturated carbocycles. The van der Waals surface area contributed by atoms with Gasteiger partial charge >= 0.3 is 0 Å². The van der Waals surface area contributed by atoms with Crippen molar-refractivity contribution in [3.63, 3.8) is 0 Å². The molecule has 154 valence electrons. The van der Waals surface area contributed by atoms with Crippen LogP contribution in [0.1, 0.15) is 77.0 Å². The third-order valence-corrected chi connectivity index (χ3v) is 6.60. The Morgan fingerprint density at radius 2 is 1.44 bits per heavy atom. The van der Waals surface area contributed by atoms with Gasteiger partial charge < -0.3 is 10.2 Å². The molecule has 4 fully saturated rings. The summed E-state index contributed by atoms with van der Waals surface area (Å²) in [5, 5.41) is 3.07. The summed E-state index contributed by atoms with van der Waals surface area (Å²) in [7, 11) is 0. The van der Waals surface area contributed by atoms with Crippen LogP contribution in [0, 0.1) is 5.92 Å². The van der Waals surface area contributed by atoms with Gasteiger partial charge in [0.1, 0.15) is 0 Å². The van der Waals surface area contributed by atoms with Crippen molar-refractivity contribution in [3.05, 3.63) is 0 Å². The summed E-state index contributed by atoms with van der Waals surface area (Å²) in [4.78, 5) is 37.4. The van der Waals surface area contributed by atoms with Crippen molar-refractivity contribution >= 4 is 5.91 Å². The summed E-state index contributed by atoms with van der Waals surface area (Å²) in [5.41, 5.74) is 0. The summed E-state index contributed by atoms with van der Waals surface area (Å²) >= 11 is 0. The predicted octanol–water partition coefficient (Wildman–Crippen LogP) is 3.05. The third-order valence-electron chi connectivity index (χ3n) is 6.60. The number of amides is 1. The molecule has 4 rings (SSSR count). The van der Waals surface area contributed by atoms with Gasteiger partial charge in [-0.15, -0.1) is 0 Å². The smallest absolute Gasteiger partial charge is 0.234 e. The second-order valence-corrected chi connectivity index (χ2v) is 8.76. The second kappa shape index (κ2) is 8.74. The van der Waals surface area contributed by atoms with Crippen LogP contribution in [-0.2, 0) is 24.3 Å². The van der Waals surface area contributed by atoms with Gasteiger partial charge in [0.15, 0.2) is 0 Å². The molecule has 0 unspecified atom stereocenters. The van der Waals surface area contributed by atoms with Gasteiger partial charge in [-0.2, -0.15) is 19.6 Å². The van der Waals surface area contributed by atoms with Gasteiger partial charge in [0.25, 0.3) is 0 Å². The first kappa shape index (κ1) is 19.6. The zero-order valence-electron chi connectivity index (χ0n) is 16.4. The number of hydrogen-bond acceptors (Lipinski definition) is 6. The number of carbonyl (C=O) groups excluding carboxylic acids is 1. The van der Waals surface area contributed by atoms with E-state index >= 15 is 0 Å². The molecule has 2 heterocycles. The van der Waals surface area contributed by atoms with E-state index in [9.17, 15) is 4.79 Å². The summed E-state index contributed by atoms with van der Waals surface area (Å²) in [6, 6.07) is 0. The van der Waals surface area contributed by atoms with E-state index in [0.717, 1.165) is 51.6 Å². The van der Waals surface area contributed by atoms with Crippen molar-refractivity contribution in [2.24, 2.45) is 5.92 Å². The number of rotatable bonds is 5. The first-order chi connectivity index (χ1) is 13.2. The molecule has 7 heteroatoms. The van der Waals surface area contributed by atoms with E-state index in [1.807, 2.05) is 0 Å². The average molecular weight is 383 g/mol. The molecule has 0 bridgehead atoms. The lowest BCUT2D eigenvalue weighted by atomic mass is 9.83. The molecule has 1 N–H and O–H groups in total. The zero-order valence-corrected chi connectivity index (χ0v) is 16.4. The number of nitrogens with zero attached hydrogens (tertiary/aromatic N) is 1. The van der Waals surface area contributed by atoms with Crippen LogP contribution in [0.25, 0.3) is 0 Å². The van der Waals surface area contributed by atoms with E-state index in [2.05, 4.69) is 10.2 Å². The van der Waals surface area contributed by atoms with Crippen LogP contribution in [0.3, 0.4) is 0 Å². The van der Waals surface area contributed by atoms with E-state index in [4.69, 9.17) is 19.6 Å². The molecule has 0 aromatic heterocycles. The molecular weight excluding hydrogens is 348 g/mol. The maximum Gasteiger partial charge on any atom is 0.234 e. The largest absolute Gasteiger partial charge is 0.355 e. The molecule has 4 aliphatic rings. The van der Waals surface area contributed by atoms with E-state index in [1.54, 1.807) is 0 Å². The van der Waals surface area contributed by atoms with Gasteiger partial charge in [-0.1, -0.05) is 6.42 Å². The molecule has 2 aliphatic heterocycles. The maximum atomic E-state index is 12.2. The van der Waals surface area contributed by atoms with Crippen molar-refractivity contribution in [1.29, 1.82) is 0 Å². The minimum Gasteiger partial charge on any atom is -0.355 e. The Bertz CT molecular complexity index is 483. The normalized spacial score (nSPS) is 28.6. The third kappa shape index (κ3) is 5.01. The van der Waals surface area contributed by atoms with Gasteiger partial charge in [0.2, 0.25) is 17.5 Å². The fraction of sp³-hybridized carbons (Fsp3) is 0.950. The fourth-order valence-corrected chi connectivity index (χ4v) is 4.77. The Balaban J connectivity index is 1.14. The van der Waals surface area contributed by atoms with Crippen LogP contribution in [-0.4, -0.2) is 48.6 Å². The van der Waals surface area contributed by atoms with Crippen molar-refractivity contribution < 1.29 is 24.3 Å². The summed E-state index contributed by atoms with van der Waals surface area (Å²) in [6.45, 7) is 4.07. The monoisotopic (exact) mass is 382 g/mol. The Morgan fingerprint density at radius 3 is 2.07 bits per heavy atom. The van der Waals surface area contributed by atoms with Crippen LogP contribution in [0.15, 0.2) is 0 Å². The van der Waals surface area contributed by atoms with Gasteiger partial charge in [0, 0.05) is 45.2 Å². The lowest BCUT2D eigenvalue weighted by Gasteiger charge is -2.46. The molecule has 27 heavy (non-hydrogen) atoms. The fourth-order valence-electron chi connectivity index (χ4n) is 4.77. The highest BCUT2D eigenvalue weighted by Gasteiger charge is 2.50. The van der Waals surface area contributed by atoms with Gasteiger partial charge in [-0.3, -0.25) is 4.79 Å². The Morgan fingerprint density at radius 1 is 0.852 bits per heavy atom. The molecule has 0 atom stereocenters. The minimum absolute atomic E-state index is 0.161. The van der Waals surface area contributed by atoms with Crippen molar-refractivity contribution in [1.82, 2.24) is 10.2 Å². The van der Waals surface area contributed by atoms with E-state index < -0.39 is 11.6 Å². The topological polar surface area (TPSA) is 69.3 Å². The number of hydrogen-bond donors (Lipinski definition) is 1. The van der Waals surface area contributed by atoms with Crippen molar-refractivity contribution in [2.45, 2.75) is 88.6 Å². The van der Waals surface area contributed by atoms with Crippen LogP contribution in [0.4, 0.5) is 0 Å². The molecule has 2 saturated heterocycles. The standard InChI is InChI=1S/C20H34N2O5/c23-18(21-12-15-22-13-4-5-14-22)16-17-6-10-20(11-7-17)26-24-19(25-27-20)8-2-1-3-9-19/h17H,1-16H2,(H,21,23). The lowest BCUT2D eigenvalue weighted by Crippen LogP contribution is -2.52. The first-order valence-electron chi connectivity index (χ1n) is 10.9. The van der Waals surface area contributed by atoms with E-state index in [0.29, 0.717) is 25.2 Å². The summed E-state index contributed by atoms with van der Waals surface area (Å²) in [6.07, 6.45) is 11.4. The Hall–Kier alpha value is -0.730. The van der Waals surface area contributed by atoms with E-state index in [-0.39, 0.29) is 5.91 Å². The zero-order chi connectivity index (χ0) is 18.6. The van der Waals surface area contributed by atoms with Crippen LogP contribution >= 0.6 is 0 Å². The number of carbonyl (C=O) groups is 1. The van der Waals surface area contributed by atoms with Crippen molar-refractivity contribution in [3.8, 4) is 0 Å². The van der Waals surface area contributed by atoms with Crippen LogP contribution in [0.5, 0.6) is 0 Å². The molecule has 7 nitrogen and oxygen atoms in total. The average Bonchev–Trinajstić information content (AvgIpc) is 3.21. The molecule has 2 aliphatic carbocycles. The molecule has 2 spiro atoms. The Kier molecular flexibility index (Phi) is 6.34. The van der Waals surface area contributed by atoms with E-state index in [1.165, 1.54) is 32.4 Å². The minimum atomic E-state index is -0.786. The van der Waals surface area contributed by atoms with Gasteiger partial charge in [0.05, 0.1) is 0 Å². The second-order valence-electron chi connectivity index (χ2n) is 8.76. The highest BCUT2D eigenvalue weighted by Crippen LogP contribution is 2.45. The molecule has 0 radical (unpaired) electrons.